The molecular weight excluding hydrogens is 366 g/mol. The summed E-state index contributed by atoms with van der Waals surface area (Å²) in [4.78, 5) is 28.9. The average Bonchev–Trinajstić information content (AvgIpc) is 2.99. The first-order valence-corrected chi connectivity index (χ1v) is 10.5. The SMILES string of the molecule is CCOC(=O)c1cc(C)n(CC2CCC(C(=O)Nc3ccc(C)cn3)CC2)c1C. The van der Waals surface area contributed by atoms with E-state index in [1.54, 1.807) is 6.20 Å². The Morgan fingerprint density at radius 2 is 1.90 bits per heavy atom. The number of aryl methyl sites for hydroxylation is 2. The quantitative estimate of drug-likeness (QED) is 0.732. The molecular formula is C23H31N3O3. The second-order valence-electron chi connectivity index (χ2n) is 8.04. The van der Waals surface area contributed by atoms with Gasteiger partial charge in [-0.05, 0) is 77.0 Å². The predicted molar refractivity (Wildman–Crippen MR) is 113 cm³/mol. The van der Waals surface area contributed by atoms with Crippen molar-refractivity contribution < 1.29 is 14.3 Å². The Hall–Kier alpha value is -2.63. The van der Waals surface area contributed by atoms with E-state index in [2.05, 4.69) is 14.9 Å². The van der Waals surface area contributed by atoms with E-state index in [1.807, 2.05) is 45.9 Å². The molecule has 0 spiro atoms. The predicted octanol–water partition coefficient (Wildman–Crippen LogP) is 4.43. The van der Waals surface area contributed by atoms with E-state index in [9.17, 15) is 9.59 Å². The zero-order chi connectivity index (χ0) is 21.0. The summed E-state index contributed by atoms with van der Waals surface area (Å²) in [7, 11) is 0. The van der Waals surface area contributed by atoms with Gasteiger partial charge in [0.15, 0.2) is 0 Å². The van der Waals surface area contributed by atoms with Crippen LogP contribution in [-0.2, 0) is 16.1 Å². The second kappa shape index (κ2) is 9.25. The Balaban J connectivity index is 1.55. The van der Waals surface area contributed by atoms with E-state index < -0.39 is 0 Å². The molecule has 0 saturated heterocycles. The lowest BCUT2D eigenvalue weighted by atomic mass is 9.81. The van der Waals surface area contributed by atoms with Gasteiger partial charge in [0, 0.05) is 30.0 Å². The number of rotatable bonds is 6. The summed E-state index contributed by atoms with van der Waals surface area (Å²) < 4.78 is 7.38. The standard InChI is InChI=1S/C23H31N3O3/c1-5-29-23(28)20-12-16(3)26(17(20)4)14-18-7-9-19(10-8-18)22(27)25-21-11-6-15(2)13-24-21/h6,11-13,18-19H,5,7-10,14H2,1-4H3,(H,24,25,27). The van der Waals surface area contributed by atoms with Crippen LogP contribution < -0.4 is 5.32 Å². The first-order chi connectivity index (χ1) is 13.9. The van der Waals surface area contributed by atoms with Crippen molar-refractivity contribution in [1.29, 1.82) is 0 Å². The highest BCUT2D eigenvalue weighted by molar-refractivity contribution is 5.92. The minimum atomic E-state index is -0.253. The third-order valence-electron chi connectivity index (χ3n) is 5.89. The molecule has 0 bridgehead atoms. The second-order valence-corrected chi connectivity index (χ2v) is 8.04. The van der Waals surface area contributed by atoms with Gasteiger partial charge in [0.25, 0.3) is 0 Å². The Kier molecular flexibility index (Phi) is 6.72. The van der Waals surface area contributed by atoms with Crippen LogP contribution in [0.3, 0.4) is 0 Å². The van der Waals surface area contributed by atoms with Crippen LogP contribution in [0, 0.1) is 32.6 Å². The van der Waals surface area contributed by atoms with Gasteiger partial charge in [-0.25, -0.2) is 9.78 Å². The maximum absolute atomic E-state index is 12.6. The molecule has 0 radical (unpaired) electrons. The number of nitrogens with one attached hydrogen (secondary N) is 1. The van der Waals surface area contributed by atoms with Crippen molar-refractivity contribution in [3.63, 3.8) is 0 Å². The number of hydrogen-bond acceptors (Lipinski definition) is 4. The normalized spacial score (nSPS) is 19.0. The van der Waals surface area contributed by atoms with Crippen LogP contribution in [0.5, 0.6) is 0 Å². The first kappa shape index (κ1) is 21.1. The van der Waals surface area contributed by atoms with Crippen molar-refractivity contribution in [1.82, 2.24) is 9.55 Å². The van der Waals surface area contributed by atoms with Crippen LogP contribution in [0.2, 0.25) is 0 Å². The van der Waals surface area contributed by atoms with Crippen LogP contribution >= 0.6 is 0 Å². The lowest BCUT2D eigenvalue weighted by Gasteiger charge is -2.28. The largest absolute Gasteiger partial charge is 0.462 e. The summed E-state index contributed by atoms with van der Waals surface area (Å²) in [5.74, 6) is 0.982. The Morgan fingerprint density at radius 1 is 1.17 bits per heavy atom. The Labute approximate surface area is 172 Å². The summed E-state index contributed by atoms with van der Waals surface area (Å²) in [6.07, 6.45) is 5.54. The summed E-state index contributed by atoms with van der Waals surface area (Å²) in [6, 6.07) is 5.71. The number of amides is 1. The van der Waals surface area contributed by atoms with Crippen LogP contribution in [0.25, 0.3) is 0 Å². The van der Waals surface area contributed by atoms with Gasteiger partial charge in [0.1, 0.15) is 5.82 Å². The molecule has 1 fully saturated rings. The summed E-state index contributed by atoms with van der Waals surface area (Å²) >= 11 is 0. The monoisotopic (exact) mass is 397 g/mol. The lowest BCUT2D eigenvalue weighted by Crippen LogP contribution is -2.29. The van der Waals surface area contributed by atoms with E-state index in [0.717, 1.165) is 49.2 Å². The topological polar surface area (TPSA) is 73.2 Å². The molecule has 1 aliphatic rings. The number of hydrogen-bond donors (Lipinski definition) is 1. The third kappa shape index (κ3) is 5.05. The van der Waals surface area contributed by atoms with E-state index in [4.69, 9.17) is 4.74 Å². The number of ether oxygens (including phenoxy) is 1. The third-order valence-corrected chi connectivity index (χ3v) is 5.89. The highest BCUT2D eigenvalue weighted by atomic mass is 16.5. The molecule has 2 aromatic rings. The summed E-state index contributed by atoms with van der Waals surface area (Å²) in [5, 5.41) is 2.94. The van der Waals surface area contributed by atoms with Crippen molar-refractivity contribution in [2.24, 2.45) is 11.8 Å². The highest BCUT2D eigenvalue weighted by Crippen LogP contribution is 2.32. The maximum Gasteiger partial charge on any atom is 0.339 e. The number of esters is 1. The van der Waals surface area contributed by atoms with E-state index in [1.165, 1.54) is 0 Å². The van der Waals surface area contributed by atoms with E-state index in [-0.39, 0.29) is 17.8 Å². The van der Waals surface area contributed by atoms with Crippen molar-refractivity contribution in [3.8, 4) is 0 Å². The Bertz CT molecular complexity index is 862. The molecule has 1 saturated carbocycles. The van der Waals surface area contributed by atoms with Crippen molar-refractivity contribution >= 4 is 17.7 Å². The van der Waals surface area contributed by atoms with Gasteiger partial charge in [-0.1, -0.05) is 6.07 Å². The van der Waals surface area contributed by atoms with E-state index in [0.29, 0.717) is 23.9 Å². The van der Waals surface area contributed by atoms with Gasteiger partial charge in [-0.3, -0.25) is 4.79 Å². The molecule has 3 rings (SSSR count). The van der Waals surface area contributed by atoms with Gasteiger partial charge < -0.3 is 14.6 Å². The number of nitrogens with zero attached hydrogens (tertiary/aromatic N) is 2. The zero-order valence-corrected chi connectivity index (χ0v) is 17.8. The molecule has 1 N–H and O–H groups in total. The van der Waals surface area contributed by atoms with Crippen molar-refractivity contribution in [3.05, 3.63) is 46.9 Å². The van der Waals surface area contributed by atoms with Gasteiger partial charge >= 0.3 is 5.97 Å². The van der Waals surface area contributed by atoms with Gasteiger partial charge in [-0.2, -0.15) is 0 Å². The Morgan fingerprint density at radius 3 is 2.52 bits per heavy atom. The lowest BCUT2D eigenvalue weighted by molar-refractivity contribution is -0.121. The molecule has 2 aromatic heterocycles. The van der Waals surface area contributed by atoms with E-state index >= 15 is 0 Å². The molecule has 1 aliphatic carbocycles. The average molecular weight is 398 g/mol. The molecule has 0 aromatic carbocycles. The summed E-state index contributed by atoms with van der Waals surface area (Å²) in [6.45, 7) is 9.07. The molecule has 2 heterocycles. The molecule has 1 amide bonds. The minimum absolute atomic E-state index is 0.0382. The van der Waals surface area contributed by atoms with Crippen LogP contribution in [-0.4, -0.2) is 28.0 Å². The highest BCUT2D eigenvalue weighted by Gasteiger charge is 2.28. The maximum atomic E-state index is 12.6. The fraction of sp³-hybridized carbons (Fsp3) is 0.522. The molecule has 0 atom stereocenters. The summed E-state index contributed by atoms with van der Waals surface area (Å²) in [5.41, 5.74) is 3.77. The molecule has 29 heavy (non-hydrogen) atoms. The minimum Gasteiger partial charge on any atom is -0.462 e. The number of pyridine rings is 1. The molecule has 156 valence electrons. The van der Waals surface area contributed by atoms with Gasteiger partial charge in [-0.15, -0.1) is 0 Å². The fourth-order valence-corrected chi connectivity index (χ4v) is 4.13. The zero-order valence-electron chi connectivity index (χ0n) is 17.8. The molecule has 6 heteroatoms. The van der Waals surface area contributed by atoms with Crippen LogP contribution in [0.4, 0.5) is 5.82 Å². The molecule has 6 nitrogen and oxygen atoms in total. The first-order valence-electron chi connectivity index (χ1n) is 10.5. The molecule has 0 unspecified atom stereocenters. The van der Waals surface area contributed by atoms with Gasteiger partial charge in [0.05, 0.1) is 12.2 Å². The van der Waals surface area contributed by atoms with Crippen molar-refractivity contribution in [2.75, 3.05) is 11.9 Å². The smallest absolute Gasteiger partial charge is 0.339 e. The van der Waals surface area contributed by atoms with Gasteiger partial charge in [0.2, 0.25) is 5.91 Å². The number of carbonyl (C=O) groups is 2. The molecule has 0 aliphatic heterocycles. The van der Waals surface area contributed by atoms with Crippen molar-refractivity contribution in [2.45, 2.75) is 59.9 Å². The fourth-order valence-electron chi connectivity index (χ4n) is 4.13. The number of anilines is 1. The van der Waals surface area contributed by atoms with Crippen LogP contribution in [0.15, 0.2) is 24.4 Å². The number of aromatic nitrogens is 2. The number of carbonyl (C=O) groups excluding carboxylic acids is 2. The van der Waals surface area contributed by atoms with Crippen LogP contribution in [0.1, 0.15) is 59.9 Å².